The standard InChI is InChI=1S/C57H56F3N10O10PS/c1-3-67(2)82(76,77)66-47-17-16-45(58)51(52(47)60)53(72)44-34-62-54-43(44)28-40(31-61-54)41-32-63-56(64-33-41)70-26-24-69(25-27-70)50(71)30-57(80-81(73,74)75)20-22-68(23-21-57)48-18-14-39(29-46(48)59)42-15-19-49(78-35-37-10-6-4-7-11-37)65-55(42)79-36-38-12-8-5-9-13-38/h4-19,28-29,31-34,66H,3,20-27,30,35-36H2,1-2H3,(H,61,62)(H2,73,74,75). The topological polar surface area (TPSA) is 246 Å². The Labute approximate surface area is 470 Å². The van der Waals surface area contributed by atoms with Gasteiger partial charge in [0.05, 0.1) is 29.0 Å². The number of amides is 1. The Bertz CT molecular complexity index is 3790. The molecule has 0 atom stereocenters. The van der Waals surface area contributed by atoms with Crippen molar-refractivity contribution in [2.45, 2.75) is 45.0 Å². The monoisotopic (exact) mass is 1160 g/mol. The second-order valence-corrected chi connectivity index (χ2v) is 22.7. The Morgan fingerprint density at radius 3 is 2.07 bits per heavy atom. The van der Waals surface area contributed by atoms with E-state index in [0.717, 1.165) is 27.6 Å². The molecular weight excluding hydrogens is 1100 g/mol. The van der Waals surface area contributed by atoms with Crippen LogP contribution >= 0.6 is 7.82 Å². The minimum Gasteiger partial charge on any atom is -0.473 e. The quantitative estimate of drug-likeness (QED) is 0.0412. The number of ketones is 1. The molecule has 0 bridgehead atoms. The predicted molar refractivity (Wildman–Crippen MR) is 300 cm³/mol. The average Bonchev–Trinajstić information content (AvgIpc) is 4.12. The molecule has 2 aliphatic rings. The van der Waals surface area contributed by atoms with Crippen LogP contribution in [-0.4, -0.2) is 122 Å². The molecule has 0 spiro atoms. The summed E-state index contributed by atoms with van der Waals surface area (Å²) in [5, 5.41) is 0.225. The smallest absolute Gasteiger partial charge is 0.470 e. The number of nitrogens with one attached hydrogen (secondary N) is 2. The first-order valence-corrected chi connectivity index (χ1v) is 29.1. The molecule has 0 unspecified atom stereocenters. The number of nitrogens with zero attached hydrogens (tertiary/aromatic N) is 8. The van der Waals surface area contributed by atoms with Crippen LogP contribution < -0.4 is 24.0 Å². The summed E-state index contributed by atoms with van der Waals surface area (Å²) in [6.07, 6.45) is 5.52. The highest BCUT2D eigenvalue weighted by atomic mass is 32.2. The lowest BCUT2D eigenvalue weighted by atomic mass is 9.87. The van der Waals surface area contributed by atoms with E-state index in [1.807, 2.05) is 65.6 Å². The normalized spacial score (nSPS) is 14.8. The molecule has 8 aromatic rings. The van der Waals surface area contributed by atoms with Gasteiger partial charge in [-0.1, -0.05) is 73.7 Å². The average molecular weight is 1160 g/mol. The van der Waals surface area contributed by atoms with Gasteiger partial charge in [0.25, 0.3) is 0 Å². The molecule has 2 fully saturated rings. The van der Waals surface area contributed by atoms with Crippen molar-refractivity contribution < 1.29 is 59.5 Å². The summed E-state index contributed by atoms with van der Waals surface area (Å²) in [6, 6.07) is 30.7. The van der Waals surface area contributed by atoms with Crippen molar-refractivity contribution in [3.63, 3.8) is 0 Å². The van der Waals surface area contributed by atoms with E-state index in [2.05, 4.69) is 29.6 Å². The van der Waals surface area contributed by atoms with Crippen LogP contribution in [0.4, 0.5) is 30.5 Å². The number of phosphoric acid groups is 1. The number of benzene rings is 4. The molecule has 0 saturated carbocycles. The largest absolute Gasteiger partial charge is 0.473 e. The molecule has 4 aromatic carbocycles. The zero-order valence-electron chi connectivity index (χ0n) is 44.4. The maximum Gasteiger partial charge on any atom is 0.470 e. The summed E-state index contributed by atoms with van der Waals surface area (Å²) in [5.74, 6) is -3.64. The van der Waals surface area contributed by atoms with Crippen molar-refractivity contribution in [3.8, 4) is 34.0 Å². The molecule has 426 valence electrons. The summed E-state index contributed by atoms with van der Waals surface area (Å²) >= 11 is 0. The number of phosphoric ester groups is 1. The van der Waals surface area contributed by atoms with Gasteiger partial charge in [0.15, 0.2) is 5.82 Å². The number of pyridine rings is 2. The van der Waals surface area contributed by atoms with Crippen LogP contribution in [0.2, 0.25) is 0 Å². The first kappa shape index (κ1) is 57.0. The zero-order valence-corrected chi connectivity index (χ0v) is 46.1. The number of aromatic nitrogens is 5. The van der Waals surface area contributed by atoms with Gasteiger partial charge < -0.3 is 38.9 Å². The summed E-state index contributed by atoms with van der Waals surface area (Å²) in [7, 11) is -8.02. The SMILES string of the molecule is CCN(C)S(=O)(=O)Nc1ccc(F)c(C(=O)c2c[nH]c3ncc(-c4cnc(N5CCN(C(=O)CC6(OP(=O)(O)O)CCN(c7ccc(-c8ccc(OCc9ccccc9)nc8OCc8ccccc8)cc7F)CC6)CC5)nc4)cc23)c1F. The van der Waals surface area contributed by atoms with E-state index in [9.17, 15) is 32.4 Å². The molecule has 10 rings (SSSR count). The molecule has 0 aliphatic carbocycles. The van der Waals surface area contributed by atoms with E-state index in [4.69, 9.17) is 14.0 Å². The number of anilines is 3. The van der Waals surface area contributed by atoms with Crippen molar-refractivity contribution >= 4 is 58.1 Å². The maximum atomic E-state index is 16.3. The van der Waals surface area contributed by atoms with Gasteiger partial charge >= 0.3 is 18.0 Å². The number of carbonyl (C=O) groups excluding carboxylic acids is 2. The van der Waals surface area contributed by atoms with Crippen LogP contribution in [0.1, 0.15) is 53.2 Å². The van der Waals surface area contributed by atoms with Crippen LogP contribution in [0.15, 0.2) is 134 Å². The van der Waals surface area contributed by atoms with Crippen molar-refractivity contribution in [3.05, 3.63) is 174 Å². The van der Waals surface area contributed by atoms with Gasteiger partial charge in [-0.3, -0.25) is 18.8 Å². The van der Waals surface area contributed by atoms with Crippen molar-refractivity contribution in [1.82, 2.24) is 34.1 Å². The van der Waals surface area contributed by atoms with Gasteiger partial charge in [-0.2, -0.15) is 17.7 Å². The Kier molecular flexibility index (Phi) is 16.7. The Morgan fingerprint density at radius 1 is 0.768 bits per heavy atom. The highest BCUT2D eigenvalue weighted by molar-refractivity contribution is 7.90. The van der Waals surface area contributed by atoms with Crippen LogP contribution in [0.3, 0.4) is 0 Å². The number of piperidine rings is 1. The Balaban J connectivity index is 0.768. The number of hydrogen-bond donors (Lipinski definition) is 4. The lowest BCUT2D eigenvalue weighted by Crippen LogP contribution is -2.53. The number of aromatic amines is 1. The fraction of sp³-hybridized carbons (Fsp3) is 0.263. The number of H-pyrrole nitrogens is 1. The molecule has 2 saturated heterocycles. The Hall–Kier alpha value is -8.25. The Morgan fingerprint density at radius 2 is 1.43 bits per heavy atom. The fourth-order valence-corrected chi connectivity index (χ4v) is 11.5. The maximum absolute atomic E-state index is 16.3. The van der Waals surface area contributed by atoms with Gasteiger partial charge in [-0.05, 0) is 65.9 Å². The fourth-order valence-electron chi connectivity index (χ4n) is 9.82. The second kappa shape index (κ2) is 24.1. The number of fused-ring (bicyclic) bond motifs is 1. The summed E-state index contributed by atoms with van der Waals surface area (Å²) in [6.45, 7) is 3.47. The number of rotatable bonds is 20. The predicted octanol–water partition coefficient (Wildman–Crippen LogP) is 8.68. The number of hydrogen-bond acceptors (Lipinski definition) is 14. The summed E-state index contributed by atoms with van der Waals surface area (Å²) in [4.78, 5) is 74.0. The first-order chi connectivity index (χ1) is 39.4. The molecule has 2 aliphatic heterocycles. The second-order valence-electron chi connectivity index (χ2n) is 19.7. The molecule has 0 radical (unpaired) electrons. The van der Waals surface area contributed by atoms with E-state index < -0.39 is 58.1 Å². The van der Waals surface area contributed by atoms with Crippen molar-refractivity contribution in [2.24, 2.45) is 0 Å². The van der Waals surface area contributed by atoms with Crippen molar-refractivity contribution in [1.29, 1.82) is 0 Å². The molecule has 4 N–H and O–H groups in total. The summed E-state index contributed by atoms with van der Waals surface area (Å²) < 4.78 is 105. The highest BCUT2D eigenvalue weighted by Gasteiger charge is 2.44. The summed E-state index contributed by atoms with van der Waals surface area (Å²) in [5.41, 5.74) is 1.12. The molecule has 4 aromatic heterocycles. The number of halogens is 3. The van der Waals surface area contributed by atoms with Gasteiger partial charge in [0, 0.05) is 111 Å². The molecule has 1 amide bonds. The number of ether oxygens (including phenoxy) is 2. The van der Waals surface area contributed by atoms with E-state index in [1.54, 1.807) is 47.1 Å². The van der Waals surface area contributed by atoms with Crippen LogP contribution in [0.25, 0.3) is 33.3 Å². The van der Waals surface area contributed by atoms with Gasteiger partial charge in [0.1, 0.15) is 30.5 Å². The van der Waals surface area contributed by atoms with Crippen LogP contribution in [0.5, 0.6) is 11.8 Å². The number of carbonyl (C=O) groups is 2. The van der Waals surface area contributed by atoms with Crippen LogP contribution in [-0.2, 0) is 37.3 Å². The zero-order chi connectivity index (χ0) is 57.8. The van der Waals surface area contributed by atoms with Gasteiger partial charge in [-0.15, -0.1) is 0 Å². The highest BCUT2D eigenvalue weighted by Crippen LogP contribution is 2.48. The third-order valence-electron chi connectivity index (χ3n) is 14.4. The first-order valence-electron chi connectivity index (χ1n) is 26.1. The number of piperazine rings is 1. The third-order valence-corrected chi connectivity index (χ3v) is 16.6. The minimum absolute atomic E-state index is 0.00942. The molecule has 6 heterocycles. The minimum atomic E-state index is -5.10. The van der Waals surface area contributed by atoms with E-state index in [-0.39, 0.29) is 99.3 Å². The van der Waals surface area contributed by atoms with Crippen molar-refractivity contribution in [2.75, 3.05) is 67.4 Å². The lowest BCUT2D eigenvalue weighted by molar-refractivity contribution is -0.137. The lowest BCUT2D eigenvalue weighted by Gasteiger charge is -2.43. The van der Waals surface area contributed by atoms with Gasteiger partial charge in [0.2, 0.25) is 29.4 Å². The third kappa shape index (κ3) is 12.9. The van der Waals surface area contributed by atoms with Gasteiger partial charge in [-0.25, -0.2) is 32.7 Å². The molecular formula is C57H56F3N10O10PS. The molecule has 25 heteroatoms. The van der Waals surface area contributed by atoms with E-state index in [0.29, 0.717) is 47.2 Å². The molecule has 82 heavy (non-hydrogen) atoms. The van der Waals surface area contributed by atoms with Crippen LogP contribution in [0, 0.1) is 17.5 Å². The van der Waals surface area contributed by atoms with E-state index in [1.165, 1.54) is 37.9 Å². The van der Waals surface area contributed by atoms with E-state index >= 15 is 13.2 Å². The molecule has 20 nitrogen and oxygen atoms in total.